The molecular weight excluding hydrogens is 376 g/mol. The highest BCUT2D eigenvalue weighted by Crippen LogP contribution is 2.26. The lowest BCUT2D eigenvalue weighted by molar-refractivity contribution is -0.121. The number of amides is 1. The van der Waals surface area contributed by atoms with Crippen molar-refractivity contribution in [2.75, 3.05) is 19.4 Å². The van der Waals surface area contributed by atoms with Gasteiger partial charge in [0.2, 0.25) is 15.9 Å². The molecule has 0 aliphatic carbocycles. The van der Waals surface area contributed by atoms with E-state index < -0.39 is 10.0 Å². The Balaban J connectivity index is 1.61. The van der Waals surface area contributed by atoms with Crippen LogP contribution in [-0.4, -0.2) is 38.0 Å². The molecule has 0 spiro atoms. The summed E-state index contributed by atoms with van der Waals surface area (Å²) in [4.78, 5) is 12.3. The van der Waals surface area contributed by atoms with Gasteiger partial charge in [-0.05, 0) is 30.5 Å². The fraction of sp³-hybridized carbons (Fsp3) is 0.381. The summed E-state index contributed by atoms with van der Waals surface area (Å²) in [7, 11) is -3.28. The molecule has 0 saturated carbocycles. The Bertz CT molecular complexity index is 929. The van der Waals surface area contributed by atoms with Gasteiger partial charge < -0.3 is 10.1 Å². The summed E-state index contributed by atoms with van der Waals surface area (Å²) < 4.78 is 30.9. The third-order valence-corrected chi connectivity index (χ3v) is 6.11. The second-order valence-electron chi connectivity index (χ2n) is 7.09. The summed E-state index contributed by atoms with van der Waals surface area (Å²) in [6.45, 7) is 2.92. The molecular formula is C21H26N2O4S. The van der Waals surface area contributed by atoms with Crippen molar-refractivity contribution in [3.8, 4) is 5.75 Å². The number of fused-ring (bicyclic) bond motifs is 1. The Hall–Kier alpha value is -2.38. The van der Waals surface area contributed by atoms with Gasteiger partial charge in [0, 0.05) is 25.1 Å². The van der Waals surface area contributed by atoms with E-state index in [1.54, 1.807) is 0 Å². The van der Waals surface area contributed by atoms with E-state index in [2.05, 4.69) is 5.32 Å². The molecule has 6 nitrogen and oxygen atoms in total. The summed E-state index contributed by atoms with van der Waals surface area (Å²) in [6, 6.07) is 15.5. The standard InChI is InChI=1S/C21H26N2O4S/c1-16(18-6-4-3-5-7-18)22-21(24)11-9-17-8-10-20-19(14-17)15-23(12-13-27-20)28(2,25)26/h3-8,10,14,16H,9,11-13,15H2,1-2H3,(H,22,24). The molecule has 7 heteroatoms. The maximum atomic E-state index is 12.3. The molecule has 0 aromatic heterocycles. The molecule has 1 aliphatic rings. The Kier molecular flexibility index (Phi) is 6.36. The number of aryl methyl sites for hydroxylation is 1. The average Bonchev–Trinajstić information content (AvgIpc) is 2.89. The van der Waals surface area contributed by atoms with Crippen molar-refractivity contribution in [3.05, 3.63) is 65.2 Å². The molecule has 3 rings (SSSR count). The van der Waals surface area contributed by atoms with Crippen molar-refractivity contribution >= 4 is 15.9 Å². The lowest BCUT2D eigenvalue weighted by atomic mass is 10.0. The van der Waals surface area contributed by atoms with Crippen molar-refractivity contribution in [2.24, 2.45) is 0 Å². The zero-order valence-electron chi connectivity index (χ0n) is 16.2. The van der Waals surface area contributed by atoms with Crippen LogP contribution < -0.4 is 10.1 Å². The number of carbonyl (C=O) groups excluding carboxylic acids is 1. The van der Waals surface area contributed by atoms with Gasteiger partial charge in [-0.1, -0.05) is 42.5 Å². The van der Waals surface area contributed by atoms with Crippen LogP contribution in [0.2, 0.25) is 0 Å². The average molecular weight is 403 g/mol. The molecule has 1 aliphatic heterocycles. The van der Waals surface area contributed by atoms with E-state index >= 15 is 0 Å². The van der Waals surface area contributed by atoms with Crippen LogP contribution >= 0.6 is 0 Å². The smallest absolute Gasteiger partial charge is 0.220 e. The number of ether oxygens (including phenoxy) is 1. The summed E-state index contributed by atoms with van der Waals surface area (Å²) in [6.07, 6.45) is 2.16. The third kappa shape index (κ3) is 5.33. The fourth-order valence-electron chi connectivity index (χ4n) is 3.26. The minimum absolute atomic E-state index is 0.0136. The van der Waals surface area contributed by atoms with E-state index in [4.69, 9.17) is 4.74 Å². The molecule has 2 aromatic rings. The number of hydrogen-bond acceptors (Lipinski definition) is 4. The number of sulfonamides is 1. The summed E-state index contributed by atoms with van der Waals surface area (Å²) in [5.74, 6) is 0.692. The van der Waals surface area contributed by atoms with Crippen LogP contribution in [0.15, 0.2) is 48.5 Å². The molecule has 1 heterocycles. The van der Waals surface area contributed by atoms with Crippen LogP contribution in [-0.2, 0) is 27.8 Å². The molecule has 0 saturated heterocycles. The summed E-state index contributed by atoms with van der Waals surface area (Å²) in [5.41, 5.74) is 2.89. The highest BCUT2D eigenvalue weighted by molar-refractivity contribution is 7.88. The van der Waals surface area contributed by atoms with E-state index in [9.17, 15) is 13.2 Å². The van der Waals surface area contributed by atoms with E-state index in [1.807, 2.05) is 55.5 Å². The predicted molar refractivity (Wildman–Crippen MR) is 109 cm³/mol. The Morgan fingerprint density at radius 3 is 2.68 bits per heavy atom. The van der Waals surface area contributed by atoms with Crippen molar-refractivity contribution in [1.29, 1.82) is 0 Å². The van der Waals surface area contributed by atoms with Crippen LogP contribution in [0.3, 0.4) is 0 Å². The molecule has 150 valence electrons. The number of rotatable bonds is 6. The quantitative estimate of drug-likeness (QED) is 0.806. The van der Waals surface area contributed by atoms with E-state index in [1.165, 1.54) is 10.6 Å². The fourth-order valence-corrected chi connectivity index (χ4v) is 4.04. The van der Waals surface area contributed by atoms with Crippen molar-refractivity contribution in [3.63, 3.8) is 0 Å². The minimum Gasteiger partial charge on any atom is -0.492 e. The van der Waals surface area contributed by atoms with Gasteiger partial charge in [0.05, 0.1) is 12.3 Å². The number of nitrogens with one attached hydrogen (secondary N) is 1. The first-order valence-corrected chi connectivity index (χ1v) is 11.2. The zero-order chi connectivity index (χ0) is 20.1. The molecule has 1 N–H and O–H groups in total. The lowest BCUT2D eigenvalue weighted by Crippen LogP contribution is -2.31. The van der Waals surface area contributed by atoms with Gasteiger partial charge in [-0.3, -0.25) is 4.79 Å². The summed E-state index contributed by atoms with van der Waals surface area (Å²) >= 11 is 0. The number of benzene rings is 2. The van der Waals surface area contributed by atoms with Gasteiger partial charge >= 0.3 is 0 Å². The van der Waals surface area contributed by atoms with Gasteiger partial charge in [-0.25, -0.2) is 8.42 Å². The van der Waals surface area contributed by atoms with Crippen LogP contribution in [0.5, 0.6) is 5.75 Å². The van der Waals surface area contributed by atoms with Gasteiger partial charge in [-0.2, -0.15) is 4.31 Å². The molecule has 1 atom stereocenters. The van der Waals surface area contributed by atoms with Crippen LogP contribution in [0.1, 0.15) is 36.1 Å². The SMILES string of the molecule is CC(NC(=O)CCc1ccc2c(c1)CN(S(C)(=O)=O)CCO2)c1ccccc1. The Morgan fingerprint density at radius 2 is 1.96 bits per heavy atom. The van der Waals surface area contributed by atoms with E-state index in [-0.39, 0.29) is 11.9 Å². The predicted octanol–water partition coefficient (Wildman–Crippen LogP) is 2.65. The van der Waals surface area contributed by atoms with Gasteiger partial charge in [-0.15, -0.1) is 0 Å². The maximum absolute atomic E-state index is 12.3. The second kappa shape index (κ2) is 8.75. The number of nitrogens with zero attached hydrogens (tertiary/aromatic N) is 1. The topological polar surface area (TPSA) is 75.7 Å². The third-order valence-electron chi connectivity index (χ3n) is 4.86. The normalized spacial score (nSPS) is 15.8. The van der Waals surface area contributed by atoms with Crippen LogP contribution in [0.25, 0.3) is 0 Å². The Labute approximate surface area is 166 Å². The van der Waals surface area contributed by atoms with Gasteiger partial charge in [0.1, 0.15) is 12.4 Å². The number of carbonyl (C=O) groups is 1. The van der Waals surface area contributed by atoms with E-state index in [0.29, 0.717) is 38.3 Å². The summed E-state index contributed by atoms with van der Waals surface area (Å²) in [5, 5.41) is 3.01. The lowest BCUT2D eigenvalue weighted by Gasteiger charge is -2.16. The zero-order valence-corrected chi connectivity index (χ0v) is 17.0. The second-order valence-corrected chi connectivity index (χ2v) is 9.07. The van der Waals surface area contributed by atoms with E-state index in [0.717, 1.165) is 16.7 Å². The molecule has 1 amide bonds. The highest BCUT2D eigenvalue weighted by atomic mass is 32.2. The molecule has 2 aromatic carbocycles. The molecule has 28 heavy (non-hydrogen) atoms. The first-order chi connectivity index (χ1) is 13.3. The van der Waals surface area contributed by atoms with Crippen LogP contribution in [0.4, 0.5) is 0 Å². The molecule has 1 unspecified atom stereocenters. The molecule has 0 fully saturated rings. The molecule has 0 bridgehead atoms. The molecule has 0 radical (unpaired) electrons. The van der Waals surface area contributed by atoms with Crippen LogP contribution in [0, 0.1) is 0 Å². The first kappa shape index (κ1) is 20.4. The van der Waals surface area contributed by atoms with Crippen molar-refractivity contribution in [1.82, 2.24) is 9.62 Å². The first-order valence-electron chi connectivity index (χ1n) is 9.37. The van der Waals surface area contributed by atoms with Gasteiger partial charge in [0.15, 0.2) is 0 Å². The number of hydrogen-bond donors (Lipinski definition) is 1. The highest BCUT2D eigenvalue weighted by Gasteiger charge is 2.22. The monoisotopic (exact) mass is 402 g/mol. The van der Waals surface area contributed by atoms with Gasteiger partial charge in [0.25, 0.3) is 0 Å². The largest absolute Gasteiger partial charge is 0.492 e. The van der Waals surface area contributed by atoms with Crippen molar-refractivity contribution < 1.29 is 17.9 Å². The van der Waals surface area contributed by atoms with Crippen molar-refractivity contribution in [2.45, 2.75) is 32.4 Å². The maximum Gasteiger partial charge on any atom is 0.220 e. The minimum atomic E-state index is -3.28. The Morgan fingerprint density at radius 1 is 1.21 bits per heavy atom.